The van der Waals surface area contributed by atoms with E-state index in [1.54, 1.807) is 4.68 Å². The van der Waals surface area contributed by atoms with E-state index in [-0.39, 0.29) is 17.2 Å². The summed E-state index contributed by atoms with van der Waals surface area (Å²) < 4.78 is 1.72. The number of carbonyl (C=O) groups excluding carboxylic acids is 1. The lowest BCUT2D eigenvalue weighted by Crippen LogP contribution is -2.22. The Hall–Kier alpha value is -2.59. The molecule has 2 aromatic carbocycles. The lowest BCUT2D eigenvalue weighted by molar-refractivity contribution is -0.117. The number of nitrogens with zero attached hydrogens (tertiary/aromatic N) is 2. The van der Waals surface area contributed by atoms with Gasteiger partial charge in [0.1, 0.15) is 5.82 Å². The number of carbonyl (C=O) groups is 1. The van der Waals surface area contributed by atoms with Crippen molar-refractivity contribution in [1.82, 2.24) is 9.78 Å². The fraction of sp³-hybridized carbons (Fsp3) is 0.304. The van der Waals surface area contributed by atoms with Crippen molar-refractivity contribution < 1.29 is 4.79 Å². The van der Waals surface area contributed by atoms with Gasteiger partial charge in [0.15, 0.2) is 0 Å². The quantitative estimate of drug-likeness (QED) is 0.579. The van der Waals surface area contributed by atoms with Gasteiger partial charge in [-0.2, -0.15) is 5.10 Å². The largest absolute Gasteiger partial charge is 0.310 e. The first-order valence-electron chi connectivity index (χ1n) is 9.52. The number of amides is 1. The van der Waals surface area contributed by atoms with Crippen molar-refractivity contribution in [1.29, 1.82) is 0 Å². The molecule has 0 aliphatic rings. The fourth-order valence-corrected chi connectivity index (χ4v) is 3.33. The number of rotatable bonds is 5. The Morgan fingerprint density at radius 2 is 1.75 bits per heavy atom. The summed E-state index contributed by atoms with van der Waals surface area (Å²) in [4.78, 5) is 13.1. The fourth-order valence-electron chi connectivity index (χ4n) is 3.11. The van der Waals surface area contributed by atoms with Crippen LogP contribution in [0.3, 0.4) is 0 Å². The molecule has 0 unspecified atom stereocenters. The Balaban J connectivity index is 2.00. The monoisotopic (exact) mass is 395 g/mol. The van der Waals surface area contributed by atoms with Gasteiger partial charge in [0, 0.05) is 11.5 Å². The summed E-state index contributed by atoms with van der Waals surface area (Å²) >= 11 is 6.40. The molecule has 3 rings (SSSR count). The predicted octanol–water partition coefficient (Wildman–Crippen LogP) is 5.96. The SMILES string of the molecule is CC[C@@H](C(=O)Nc1cc(C(C)(C)C)nn1-c1ccccc1Cl)c1ccccc1. The van der Waals surface area contributed by atoms with Gasteiger partial charge in [-0.25, -0.2) is 4.68 Å². The lowest BCUT2D eigenvalue weighted by atomic mass is 9.92. The van der Waals surface area contributed by atoms with Gasteiger partial charge < -0.3 is 5.32 Å². The molecule has 4 nitrogen and oxygen atoms in total. The molecule has 0 spiro atoms. The summed E-state index contributed by atoms with van der Waals surface area (Å²) in [6, 6.07) is 19.3. The molecule has 3 aromatic rings. The average molecular weight is 396 g/mol. The smallest absolute Gasteiger partial charge is 0.233 e. The first-order chi connectivity index (χ1) is 13.3. The summed E-state index contributed by atoms with van der Waals surface area (Å²) in [7, 11) is 0. The van der Waals surface area contributed by atoms with Crippen LogP contribution in [0.25, 0.3) is 5.69 Å². The Kier molecular flexibility index (Phi) is 5.90. The molecule has 1 atom stereocenters. The van der Waals surface area contributed by atoms with Crippen LogP contribution in [-0.2, 0) is 10.2 Å². The standard InChI is InChI=1S/C23H26ClN3O/c1-5-17(16-11-7-6-8-12-16)22(28)25-21-15-20(23(2,3)4)26-27(21)19-14-10-9-13-18(19)24/h6-15,17H,5H2,1-4H3,(H,25,28)/t17-/m1/s1. The molecule has 0 fully saturated rings. The number of hydrogen-bond donors (Lipinski definition) is 1. The van der Waals surface area contributed by atoms with Crippen molar-refractivity contribution in [3.8, 4) is 5.69 Å². The minimum atomic E-state index is -0.228. The molecule has 5 heteroatoms. The van der Waals surface area contributed by atoms with E-state index in [9.17, 15) is 4.79 Å². The van der Waals surface area contributed by atoms with Crippen LogP contribution in [0.1, 0.15) is 51.3 Å². The van der Waals surface area contributed by atoms with Crippen molar-refractivity contribution in [3.63, 3.8) is 0 Å². The number of aromatic nitrogens is 2. The van der Waals surface area contributed by atoms with Crippen LogP contribution in [0, 0.1) is 0 Å². The first kappa shape index (κ1) is 20.2. The van der Waals surface area contributed by atoms with Gasteiger partial charge in [-0.15, -0.1) is 0 Å². The highest BCUT2D eigenvalue weighted by Crippen LogP contribution is 2.30. The molecular formula is C23H26ClN3O. The molecule has 0 saturated carbocycles. The van der Waals surface area contributed by atoms with Crippen LogP contribution in [0.2, 0.25) is 5.02 Å². The summed E-state index contributed by atoms with van der Waals surface area (Å²) in [5.41, 5.74) is 2.47. The van der Waals surface area contributed by atoms with Crippen LogP contribution < -0.4 is 5.32 Å². The molecule has 0 saturated heterocycles. The zero-order chi connectivity index (χ0) is 20.3. The minimum Gasteiger partial charge on any atom is -0.310 e. The van der Waals surface area contributed by atoms with Gasteiger partial charge in [0.2, 0.25) is 5.91 Å². The van der Waals surface area contributed by atoms with Crippen LogP contribution in [-0.4, -0.2) is 15.7 Å². The molecule has 28 heavy (non-hydrogen) atoms. The van der Waals surface area contributed by atoms with Gasteiger partial charge in [-0.05, 0) is 24.1 Å². The molecule has 1 heterocycles. The number of hydrogen-bond acceptors (Lipinski definition) is 2. The van der Waals surface area contributed by atoms with E-state index >= 15 is 0 Å². The van der Waals surface area contributed by atoms with E-state index in [4.69, 9.17) is 16.7 Å². The van der Waals surface area contributed by atoms with E-state index in [1.807, 2.05) is 67.6 Å². The Morgan fingerprint density at radius 3 is 2.36 bits per heavy atom. The Morgan fingerprint density at radius 1 is 1.11 bits per heavy atom. The van der Waals surface area contributed by atoms with E-state index in [0.717, 1.165) is 16.9 Å². The number of para-hydroxylation sites is 1. The van der Waals surface area contributed by atoms with Gasteiger partial charge in [0.05, 0.1) is 22.3 Å². The molecular weight excluding hydrogens is 370 g/mol. The third-order valence-corrected chi connectivity index (χ3v) is 5.06. The van der Waals surface area contributed by atoms with Crippen molar-refractivity contribution in [3.05, 3.63) is 76.9 Å². The zero-order valence-corrected chi connectivity index (χ0v) is 17.5. The average Bonchev–Trinajstić information content (AvgIpc) is 3.07. The Labute approximate surface area is 171 Å². The van der Waals surface area contributed by atoms with E-state index < -0.39 is 0 Å². The third-order valence-electron chi connectivity index (χ3n) is 4.74. The van der Waals surface area contributed by atoms with E-state index in [0.29, 0.717) is 17.3 Å². The third kappa shape index (κ3) is 4.28. The van der Waals surface area contributed by atoms with Gasteiger partial charge in [-0.1, -0.05) is 81.8 Å². The number of nitrogens with one attached hydrogen (secondary N) is 1. The highest BCUT2D eigenvalue weighted by Gasteiger charge is 2.24. The maximum atomic E-state index is 13.1. The Bertz CT molecular complexity index is 957. The van der Waals surface area contributed by atoms with Gasteiger partial charge in [0.25, 0.3) is 0 Å². The number of anilines is 1. The van der Waals surface area contributed by atoms with Crippen molar-refractivity contribution in [2.75, 3.05) is 5.32 Å². The lowest BCUT2D eigenvalue weighted by Gasteiger charge is -2.16. The molecule has 146 valence electrons. The maximum Gasteiger partial charge on any atom is 0.233 e. The van der Waals surface area contributed by atoms with Crippen molar-refractivity contribution >= 4 is 23.3 Å². The second-order valence-corrected chi connectivity index (χ2v) is 8.30. The summed E-state index contributed by atoms with van der Waals surface area (Å²) in [6.45, 7) is 8.30. The maximum absolute atomic E-state index is 13.1. The first-order valence-corrected chi connectivity index (χ1v) is 9.90. The summed E-state index contributed by atoms with van der Waals surface area (Å²) in [5, 5.41) is 8.40. The van der Waals surface area contributed by atoms with Crippen molar-refractivity contribution in [2.45, 2.75) is 45.4 Å². The minimum absolute atomic E-state index is 0.0534. The van der Waals surface area contributed by atoms with E-state index in [1.165, 1.54) is 0 Å². The normalized spacial score (nSPS) is 12.6. The second-order valence-electron chi connectivity index (χ2n) is 7.89. The molecule has 1 N–H and O–H groups in total. The van der Waals surface area contributed by atoms with Crippen LogP contribution in [0.15, 0.2) is 60.7 Å². The predicted molar refractivity (Wildman–Crippen MR) is 115 cm³/mol. The van der Waals surface area contributed by atoms with Crippen molar-refractivity contribution in [2.24, 2.45) is 0 Å². The second kappa shape index (κ2) is 8.19. The van der Waals surface area contributed by atoms with Gasteiger partial charge in [-0.3, -0.25) is 4.79 Å². The van der Waals surface area contributed by atoms with Crippen LogP contribution >= 0.6 is 11.6 Å². The highest BCUT2D eigenvalue weighted by atomic mass is 35.5. The molecule has 0 aliphatic heterocycles. The number of halogens is 1. The van der Waals surface area contributed by atoms with Gasteiger partial charge >= 0.3 is 0 Å². The number of benzene rings is 2. The molecule has 0 bridgehead atoms. The zero-order valence-electron chi connectivity index (χ0n) is 16.7. The van der Waals surface area contributed by atoms with Crippen LogP contribution in [0.5, 0.6) is 0 Å². The summed E-state index contributed by atoms with van der Waals surface area (Å²) in [6.07, 6.45) is 0.711. The molecule has 0 aliphatic carbocycles. The van der Waals surface area contributed by atoms with E-state index in [2.05, 4.69) is 26.1 Å². The molecule has 1 aromatic heterocycles. The molecule has 0 radical (unpaired) electrons. The summed E-state index contributed by atoms with van der Waals surface area (Å²) in [5.74, 6) is 0.341. The highest BCUT2D eigenvalue weighted by molar-refractivity contribution is 6.32. The van der Waals surface area contributed by atoms with Crippen LogP contribution in [0.4, 0.5) is 5.82 Å². The topological polar surface area (TPSA) is 46.9 Å². The molecule has 1 amide bonds.